The van der Waals surface area contributed by atoms with Gasteiger partial charge in [0.25, 0.3) is 5.09 Å². The number of hydrogen-bond acceptors (Lipinski definition) is 4. The molecule has 12 heavy (non-hydrogen) atoms. The third kappa shape index (κ3) is 42.1. The minimum absolute atomic E-state index is 0.296. The predicted molar refractivity (Wildman–Crippen MR) is 33.3 cm³/mol. The molecule has 3 N–H and O–H groups in total. The van der Waals surface area contributed by atoms with E-state index in [-0.39, 0.29) is 12.8 Å². The Hall–Kier alpha value is -1.86. The first-order valence-corrected chi connectivity index (χ1v) is 2.63. The zero-order chi connectivity index (χ0) is 10.1. The van der Waals surface area contributed by atoms with Crippen molar-refractivity contribution in [2.24, 2.45) is 0 Å². The van der Waals surface area contributed by atoms with Gasteiger partial charge in [0.15, 0.2) is 0 Å². The topological polar surface area (TPSA) is 138 Å². The van der Waals surface area contributed by atoms with Crippen molar-refractivity contribution in [3.8, 4) is 0 Å². The Morgan fingerprint density at radius 2 is 1.33 bits per heavy atom. The molecule has 0 aromatic rings. The standard InChI is InChI=1S/C4H6O4.HNO3/c5-3(6)1-2-4(7)8;2-1(3)4/h1-2H2,(H,5,6)(H,7,8);(H,2,3,4). The molecule has 0 aliphatic heterocycles. The van der Waals surface area contributed by atoms with Crippen LogP contribution in [0.4, 0.5) is 0 Å². The van der Waals surface area contributed by atoms with Gasteiger partial charge >= 0.3 is 11.9 Å². The summed E-state index contributed by atoms with van der Waals surface area (Å²) in [5.41, 5.74) is 0. The number of rotatable bonds is 3. The molecular formula is C4H7NO7. The van der Waals surface area contributed by atoms with E-state index < -0.39 is 17.0 Å². The van der Waals surface area contributed by atoms with Crippen LogP contribution >= 0.6 is 0 Å². The van der Waals surface area contributed by atoms with Crippen molar-refractivity contribution in [1.29, 1.82) is 0 Å². The van der Waals surface area contributed by atoms with E-state index in [2.05, 4.69) is 0 Å². The van der Waals surface area contributed by atoms with Crippen LogP contribution in [0, 0.1) is 10.1 Å². The molecule has 0 aromatic carbocycles. The Morgan fingerprint density at radius 3 is 1.42 bits per heavy atom. The highest BCUT2D eigenvalue weighted by Crippen LogP contribution is 1.86. The van der Waals surface area contributed by atoms with Gasteiger partial charge < -0.3 is 15.4 Å². The molecule has 0 bridgehead atoms. The van der Waals surface area contributed by atoms with Gasteiger partial charge in [0.2, 0.25) is 0 Å². The first-order chi connectivity index (χ1) is 5.36. The van der Waals surface area contributed by atoms with E-state index in [1.807, 2.05) is 0 Å². The van der Waals surface area contributed by atoms with Crippen molar-refractivity contribution in [2.75, 3.05) is 0 Å². The van der Waals surface area contributed by atoms with Crippen LogP contribution in [0.25, 0.3) is 0 Å². The van der Waals surface area contributed by atoms with Gasteiger partial charge in [-0.1, -0.05) is 0 Å². The second-order valence-electron chi connectivity index (χ2n) is 1.53. The first-order valence-electron chi connectivity index (χ1n) is 2.63. The molecule has 0 saturated heterocycles. The van der Waals surface area contributed by atoms with Gasteiger partial charge in [-0.15, -0.1) is 10.1 Å². The molecule has 0 atom stereocenters. The lowest BCUT2D eigenvalue weighted by molar-refractivity contribution is -0.742. The van der Waals surface area contributed by atoms with E-state index in [0.717, 1.165) is 0 Å². The molecular weight excluding hydrogens is 174 g/mol. The van der Waals surface area contributed by atoms with E-state index >= 15 is 0 Å². The van der Waals surface area contributed by atoms with Crippen LogP contribution < -0.4 is 0 Å². The monoisotopic (exact) mass is 181 g/mol. The van der Waals surface area contributed by atoms with Crippen molar-refractivity contribution < 1.29 is 30.1 Å². The largest absolute Gasteiger partial charge is 0.481 e. The number of carboxylic acid groups (broad SMARTS) is 2. The Kier molecular flexibility index (Phi) is 7.72. The molecule has 0 aliphatic rings. The molecule has 0 spiro atoms. The van der Waals surface area contributed by atoms with Gasteiger partial charge in [-0.05, 0) is 0 Å². The van der Waals surface area contributed by atoms with Crippen LogP contribution in [0.3, 0.4) is 0 Å². The maximum Gasteiger partial charge on any atom is 0.303 e. The second-order valence-corrected chi connectivity index (χ2v) is 1.53. The van der Waals surface area contributed by atoms with Gasteiger partial charge in [0.1, 0.15) is 0 Å². The average Bonchev–Trinajstić information content (AvgIpc) is 1.82. The molecule has 0 radical (unpaired) electrons. The van der Waals surface area contributed by atoms with E-state index in [0.29, 0.717) is 0 Å². The summed E-state index contributed by atoms with van der Waals surface area (Å²) in [4.78, 5) is 27.6. The van der Waals surface area contributed by atoms with Crippen LogP contribution in [0.15, 0.2) is 0 Å². The molecule has 0 amide bonds. The van der Waals surface area contributed by atoms with E-state index in [4.69, 9.17) is 25.5 Å². The normalized spacial score (nSPS) is 7.67. The second kappa shape index (κ2) is 7.25. The van der Waals surface area contributed by atoms with Crippen molar-refractivity contribution in [2.45, 2.75) is 12.8 Å². The zero-order valence-corrected chi connectivity index (χ0v) is 5.84. The maximum absolute atomic E-state index is 9.64. The summed E-state index contributed by atoms with van der Waals surface area (Å²) in [6.45, 7) is 0. The van der Waals surface area contributed by atoms with Crippen LogP contribution in [0.5, 0.6) is 0 Å². The molecule has 8 nitrogen and oxygen atoms in total. The third-order valence-electron chi connectivity index (χ3n) is 0.553. The SMILES string of the molecule is O=C(O)CCC(=O)O.O=[N+]([O-])O. The lowest BCUT2D eigenvalue weighted by Crippen LogP contribution is -2.00. The van der Waals surface area contributed by atoms with E-state index in [1.54, 1.807) is 0 Å². The van der Waals surface area contributed by atoms with Gasteiger partial charge in [0.05, 0.1) is 12.8 Å². The number of carboxylic acids is 2. The van der Waals surface area contributed by atoms with E-state index in [1.165, 1.54) is 0 Å². The fourth-order valence-electron chi connectivity index (χ4n) is 0.214. The van der Waals surface area contributed by atoms with Gasteiger partial charge in [-0.3, -0.25) is 9.59 Å². The van der Waals surface area contributed by atoms with Crippen molar-refractivity contribution >= 4 is 11.9 Å². The fourth-order valence-corrected chi connectivity index (χ4v) is 0.214. The van der Waals surface area contributed by atoms with Gasteiger partial charge in [-0.25, -0.2) is 0 Å². The lowest BCUT2D eigenvalue weighted by atomic mass is 10.3. The summed E-state index contributed by atoms with van der Waals surface area (Å²) in [5.74, 6) is -2.15. The summed E-state index contributed by atoms with van der Waals surface area (Å²) in [5, 5.41) is 29.4. The molecule has 0 fully saturated rings. The predicted octanol–water partition coefficient (Wildman–Crippen LogP) is -0.412. The van der Waals surface area contributed by atoms with Crippen LogP contribution in [-0.2, 0) is 9.59 Å². The molecule has 8 heteroatoms. The molecule has 0 saturated carbocycles. The van der Waals surface area contributed by atoms with Gasteiger partial charge in [0, 0.05) is 0 Å². The summed E-state index contributed by atoms with van der Waals surface area (Å²) in [6, 6.07) is 0. The van der Waals surface area contributed by atoms with Crippen LogP contribution in [0.2, 0.25) is 0 Å². The van der Waals surface area contributed by atoms with E-state index in [9.17, 15) is 9.59 Å². The third-order valence-corrected chi connectivity index (χ3v) is 0.553. The highest BCUT2D eigenvalue weighted by Gasteiger charge is 2.00. The number of carbonyl (C=O) groups is 2. The number of nitrogens with zero attached hydrogens (tertiary/aromatic N) is 1. The molecule has 0 rings (SSSR count). The van der Waals surface area contributed by atoms with Gasteiger partial charge in [-0.2, -0.15) is 0 Å². The Labute approximate surface area is 66.2 Å². The lowest BCUT2D eigenvalue weighted by Gasteiger charge is -1.85. The molecule has 0 heterocycles. The summed E-state index contributed by atoms with van der Waals surface area (Å²) in [6.07, 6.45) is -0.593. The molecule has 0 unspecified atom stereocenters. The number of hydrogen-bond donors (Lipinski definition) is 3. The molecule has 70 valence electrons. The van der Waals surface area contributed by atoms with Crippen molar-refractivity contribution in [3.05, 3.63) is 10.1 Å². The highest BCUT2D eigenvalue weighted by molar-refractivity contribution is 5.75. The molecule has 0 aliphatic carbocycles. The van der Waals surface area contributed by atoms with Crippen molar-refractivity contribution in [1.82, 2.24) is 0 Å². The summed E-state index contributed by atoms with van der Waals surface area (Å²) < 4.78 is 0. The first kappa shape index (κ1) is 12.8. The van der Waals surface area contributed by atoms with Crippen molar-refractivity contribution in [3.63, 3.8) is 0 Å². The quantitative estimate of drug-likeness (QED) is 0.397. The number of aliphatic carboxylic acids is 2. The fraction of sp³-hybridized carbons (Fsp3) is 0.500. The smallest absolute Gasteiger partial charge is 0.303 e. The summed E-state index contributed by atoms with van der Waals surface area (Å²) in [7, 11) is 0. The average molecular weight is 181 g/mol. The van der Waals surface area contributed by atoms with Crippen LogP contribution in [-0.4, -0.2) is 32.4 Å². The minimum atomic E-state index is -1.50. The zero-order valence-electron chi connectivity index (χ0n) is 5.84. The van der Waals surface area contributed by atoms with Crippen LogP contribution in [0.1, 0.15) is 12.8 Å². The Morgan fingerprint density at radius 1 is 1.17 bits per heavy atom. The summed E-state index contributed by atoms with van der Waals surface area (Å²) >= 11 is 0. The maximum atomic E-state index is 9.64. The molecule has 0 aromatic heterocycles. The Balaban J connectivity index is 0. The highest BCUT2D eigenvalue weighted by atomic mass is 16.9. The Bertz CT molecular complexity index is 158. The minimum Gasteiger partial charge on any atom is -0.481 e.